The summed E-state index contributed by atoms with van der Waals surface area (Å²) < 4.78 is 15.9. The molecule has 1 amide bonds. The summed E-state index contributed by atoms with van der Waals surface area (Å²) >= 11 is 0. The number of esters is 1. The molecule has 3 rings (SSSR count). The Balaban J connectivity index is 1.62. The molecule has 30 heavy (non-hydrogen) atoms. The lowest BCUT2D eigenvalue weighted by molar-refractivity contribution is -0.144. The predicted molar refractivity (Wildman–Crippen MR) is 107 cm³/mol. The van der Waals surface area contributed by atoms with Crippen LogP contribution in [-0.4, -0.2) is 46.9 Å². The molecule has 1 aliphatic rings. The van der Waals surface area contributed by atoms with Gasteiger partial charge < -0.3 is 18.9 Å². The summed E-state index contributed by atoms with van der Waals surface area (Å²) in [7, 11) is 0. The molecule has 8 nitrogen and oxygen atoms in total. The Morgan fingerprint density at radius 2 is 2.07 bits per heavy atom. The highest BCUT2D eigenvalue weighted by molar-refractivity contribution is 5.94. The van der Waals surface area contributed by atoms with E-state index in [0.29, 0.717) is 30.2 Å². The molecule has 0 saturated carbocycles. The lowest BCUT2D eigenvalue weighted by Crippen LogP contribution is -2.45. The zero-order chi connectivity index (χ0) is 21.5. The molecule has 1 aromatic carbocycles. The van der Waals surface area contributed by atoms with E-state index in [4.69, 9.17) is 14.0 Å². The van der Waals surface area contributed by atoms with Gasteiger partial charge in [-0.3, -0.25) is 14.4 Å². The average molecular weight is 414 g/mol. The second-order valence-corrected chi connectivity index (χ2v) is 7.21. The number of nitrogens with zero attached hydrogens (tertiary/aromatic N) is 2. The summed E-state index contributed by atoms with van der Waals surface area (Å²) in [6.07, 6.45) is 2.78. The number of aromatic nitrogens is 1. The molecule has 1 fully saturated rings. The van der Waals surface area contributed by atoms with Crippen molar-refractivity contribution in [2.45, 2.75) is 52.2 Å². The SMILES string of the molecule is CCOC(=O)C[C@H]1CCCCN1C(=O)c1cc(COc2cccc(C(C)=O)c2)on1. The van der Waals surface area contributed by atoms with Crippen molar-refractivity contribution in [2.24, 2.45) is 0 Å². The zero-order valence-electron chi connectivity index (χ0n) is 17.3. The Morgan fingerprint density at radius 3 is 2.83 bits per heavy atom. The minimum absolute atomic E-state index is 0.0492. The Morgan fingerprint density at radius 1 is 1.23 bits per heavy atom. The van der Waals surface area contributed by atoms with E-state index in [2.05, 4.69) is 5.16 Å². The molecule has 0 N–H and O–H groups in total. The molecule has 2 aromatic rings. The van der Waals surface area contributed by atoms with Crippen LogP contribution in [0, 0.1) is 0 Å². The highest BCUT2D eigenvalue weighted by Crippen LogP contribution is 2.23. The third kappa shape index (κ3) is 5.46. The van der Waals surface area contributed by atoms with Gasteiger partial charge in [-0.05, 0) is 45.2 Å². The summed E-state index contributed by atoms with van der Waals surface area (Å²) in [6.45, 7) is 4.22. The van der Waals surface area contributed by atoms with Gasteiger partial charge in [0, 0.05) is 24.2 Å². The van der Waals surface area contributed by atoms with Gasteiger partial charge in [-0.2, -0.15) is 0 Å². The second kappa shape index (κ2) is 10.0. The first kappa shape index (κ1) is 21.5. The third-order valence-corrected chi connectivity index (χ3v) is 5.00. The fourth-order valence-electron chi connectivity index (χ4n) is 3.48. The van der Waals surface area contributed by atoms with E-state index in [1.807, 2.05) is 0 Å². The maximum absolute atomic E-state index is 12.9. The van der Waals surface area contributed by atoms with Crippen molar-refractivity contribution in [2.75, 3.05) is 13.2 Å². The van der Waals surface area contributed by atoms with E-state index >= 15 is 0 Å². The van der Waals surface area contributed by atoms with E-state index in [9.17, 15) is 14.4 Å². The summed E-state index contributed by atoms with van der Waals surface area (Å²) in [5.74, 6) is 0.303. The topological polar surface area (TPSA) is 98.9 Å². The van der Waals surface area contributed by atoms with Crippen LogP contribution in [-0.2, 0) is 16.1 Å². The minimum atomic E-state index is -0.302. The van der Waals surface area contributed by atoms with Crippen molar-refractivity contribution in [1.29, 1.82) is 0 Å². The summed E-state index contributed by atoms with van der Waals surface area (Å²) in [5.41, 5.74) is 0.737. The van der Waals surface area contributed by atoms with Gasteiger partial charge in [0.15, 0.2) is 17.2 Å². The number of benzene rings is 1. The standard InChI is InChI=1S/C22H26N2O6/c1-3-28-21(26)12-17-8-4-5-10-24(17)22(27)20-13-19(30-23-20)14-29-18-9-6-7-16(11-18)15(2)25/h6-7,9,11,13,17H,3-5,8,10,12,14H2,1-2H3/t17-/m1/s1. The summed E-state index contributed by atoms with van der Waals surface area (Å²) in [5, 5.41) is 3.88. The molecule has 0 aliphatic carbocycles. The average Bonchev–Trinajstić information content (AvgIpc) is 3.21. The number of piperidine rings is 1. The van der Waals surface area contributed by atoms with Crippen molar-refractivity contribution in [3.8, 4) is 5.75 Å². The molecule has 1 aliphatic heterocycles. The van der Waals surface area contributed by atoms with Crippen LogP contribution in [0.3, 0.4) is 0 Å². The molecular weight excluding hydrogens is 388 g/mol. The van der Waals surface area contributed by atoms with Crippen LogP contribution in [0.1, 0.15) is 66.1 Å². The van der Waals surface area contributed by atoms with E-state index in [0.717, 1.165) is 19.3 Å². The number of likely N-dealkylation sites (tertiary alicyclic amines) is 1. The first-order chi connectivity index (χ1) is 14.5. The number of ether oxygens (including phenoxy) is 2. The normalized spacial score (nSPS) is 16.2. The number of hydrogen-bond donors (Lipinski definition) is 0. The maximum Gasteiger partial charge on any atom is 0.307 e. The third-order valence-electron chi connectivity index (χ3n) is 5.00. The molecule has 1 aromatic heterocycles. The van der Waals surface area contributed by atoms with E-state index in [1.165, 1.54) is 6.92 Å². The van der Waals surface area contributed by atoms with Crippen LogP contribution < -0.4 is 4.74 Å². The lowest BCUT2D eigenvalue weighted by atomic mass is 9.99. The quantitative estimate of drug-likeness (QED) is 0.482. The number of ketones is 1. The van der Waals surface area contributed by atoms with Gasteiger partial charge in [0.2, 0.25) is 0 Å². The Hall–Kier alpha value is -3.16. The van der Waals surface area contributed by atoms with E-state index in [-0.39, 0.29) is 42.4 Å². The second-order valence-electron chi connectivity index (χ2n) is 7.21. The number of Topliss-reactive ketones (excluding diaryl/α,β-unsaturated/α-hetero) is 1. The minimum Gasteiger partial charge on any atom is -0.486 e. The molecule has 0 bridgehead atoms. The fraction of sp³-hybridized carbons (Fsp3) is 0.455. The molecular formula is C22H26N2O6. The number of rotatable bonds is 8. The number of hydrogen-bond acceptors (Lipinski definition) is 7. The van der Waals surface area contributed by atoms with Gasteiger partial charge >= 0.3 is 5.97 Å². The molecule has 0 radical (unpaired) electrons. The van der Waals surface area contributed by atoms with Crippen LogP contribution in [0.15, 0.2) is 34.9 Å². The molecule has 1 saturated heterocycles. The highest BCUT2D eigenvalue weighted by Gasteiger charge is 2.31. The predicted octanol–water partition coefficient (Wildman–Crippen LogP) is 3.40. The van der Waals surface area contributed by atoms with E-state index in [1.54, 1.807) is 42.2 Å². The van der Waals surface area contributed by atoms with Crippen LogP contribution in [0.4, 0.5) is 0 Å². The van der Waals surface area contributed by atoms with Crippen LogP contribution in [0.5, 0.6) is 5.75 Å². The van der Waals surface area contributed by atoms with Gasteiger partial charge in [-0.1, -0.05) is 17.3 Å². The van der Waals surface area contributed by atoms with Crippen molar-refractivity contribution >= 4 is 17.7 Å². The van der Waals surface area contributed by atoms with Gasteiger partial charge in [-0.15, -0.1) is 0 Å². The molecule has 2 heterocycles. The van der Waals surface area contributed by atoms with Crippen molar-refractivity contribution in [3.05, 3.63) is 47.3 Å². The largest absolute Gasteiger partial charge is 0.486 e. The first-order valence-corrected chi connectivity index (χ1v) is 10.1. The first-order valence-electron chi connectivity index (χ1n) is 10.1. The molecule has 160 valence electrons. The van der Waals surface area contributed by atoms with Gasteiger partial charge in [0.25, 0.3) is 5.91 Å². The van der Waals surface area contributed by atoms with E-state index < -0.39 is 0 Å². The van der Waals surface area contributed by atoms with Crippen molar-refractivity contribution < 1.29 is 28.4 Å². The molecule has 0 unspecified atom stereocenters. The fourth-order valence-corrected chi connectivity index (χ4v) is 3.48. The smallest absolute Gasteiger partial charge is 0.307 e. The number of carbonyl (C=O) groups is 3. The molecule has 0 spiro atoms. The number of carbonyl (C=O) groups excluding carboxylic acids is 3. The number of amides is 1. The van der Waals surface area contributed by atoms with Gasteiger partial charge in [0.05, 0.1) is 13.0 Å². The van der Waals surface area contributed by atoms with Crippen LogP contribution in [0.2, 0.25) is 0 Å². The van der Waals surface area contributed by atoms with Crippen LogP contribution >= 0.6 is 0 Å². The van der Waals surface area contributed by atoms with Crippen molar-refractivity contribution in [1.82, 2.24) is 10.1 Å². The molecule has 1 atom stereocenters. The molecule has 8 heteroatoms. The van der Waals surface area contributed by atoms with Crippen LogP contribution in [0.25, 0.3) is 0 Å². The van der Waals surface area contributed by atoms with Crippen molar-refractivity contribution in [3.63, 3.8) is 0 Å². The lowest BCUT2D eigenvalue weighted by Gasteiger charge is -2.34. The van der Waals surface area contributed by atoms with Gasteiger partial charge in [-0.25, -0.2) is 0 Å². The monoisotopic (exact) mass is 414 g/mol. The Labute approximate surface area is 175 Å². The zero-order valence-corrected chi connectivity index (χ0v) is 17.3. The van der Waals surface area contributed by atoms with Gasteiger partial charge in [0.1, 0.15) is 12.4 Å². The highest BCUT2D eigenvalue weighted by atomic mass is 16.5. The summed E-state index contributed by atoms with van der Waals surface area (Å²) in [4.78, 5) is 38.0. The Kier molecular flexibility index (Phi) is 7.21. The summed E-state index contributed by atoms with van der Waals surface area (Å²) in [6, 6.07) is 8.19. The Bertz CT molecular complexity index is 907. The maximum atomic E-state index is 12.9.